The average molecular weight is 346 g/mol. The molecular weight excluding hydrogens is 339 g/mol. The zero-order chi connectivity index (χ0) is 14.8. The van der Waals surface area contributed by atoms with Crippen molar-refractivity contribution in [2.75, 3.05) is 0 Å². The van der Waals surface area contributed by atoms with E-state index >= 15 is 0 Å². The Morgan fingerprint density at radius 1 is 1.15 bits per heavy atom. The SMILES string of the molecule is O=C(c1ccccc1OC(F)(F)F)c1ncccc1Br. The lowest BCUT2D eigenvalue weighted by Gasteiger charge is -2.12. The van der Waals surface area contributed by atoms with E-state index in [1.54, 1.807) is 12.1 Å². The van der Waals surface area contributed by atoms with Gasteiger partial charge in [0.25, 0.3) is 0 Å². The molecule has 20 heavy (non-hydrogen) atoms. The van der Waals surface area contributed by atoms with Gasteiger partial charge in [-0.1, -0.05) is 12.1 Å². The topological polar surface area (TPSA) is 39.2 Å². The number of ether oxygens (including phenoxy) is 1. The minimum Gasteiger partial charge on any atom is -0.405 e. The lowest BCUT2D eigenvalue weighted by atomic mass is 10.1. The van der Waals surface area contributed by atoms with Crippen molar-refractivity contribution in [2.24, 2.45) is 0 Å². The maximum atomic E-state index is 12.3. The van der Waals surface area contributed by atoms with Crippen LogP contribution in [0.5, 0.6) is 5.75 Å². The van der Waals surface area contributed by atoms with Gasteiger partial charge in [-0.3, -0.25) is 9.78 Å². The number of hydrogen-bond acceptors (Lipinski definition) is 3. The molecule has 0 atom stereocenters. The zero-order valence-corrected chi connectivity index (χ0v) is 11.4. The summed E-state index contributed by atoms with van der Waals surface area (Å²) in [7, 11) is 0. The summed E-state index contributed by atoms with van der Waals surface area (Å²) in [5, 5.41) is 0. The molecule has 0 bridgehead atoms. The standard InChI is InChI=1S/C13H7BrF3NO2/c14-9-5-3-7-18-11(9)12(19)8-4-1-2-6-10(8)20-13(15,16)17/h1-7H. The Balaban J connectivity index is 2.43. The Hall–Kier alpha value is -1.89. The largest absolute Gasteiger partial charge is 0.573 e. The number of carbonyl (C=O) groups excluding carboxylic acids is 1. The lowest BCUT2D eigenvalue weighted by Crippen LogP contribution is -2.19. The van der Waals surface area contributed by atoms with Gasteiger partial charge in [0, 0.05) is 10.7 Å². The first kappa shape index (κ1) is 14.5. The number of pyridine rings is 1. The van der Waals surface area contributed by atoms with Crippen molar-refractivity contribution in [3.63, 3.8) is 0 Å². The summed E-state index contributed by atoms with van der Waals surface area (Å²) < 4.78 is 41.2. The van der Waals surface area contributed by atoms with Crippen LogP contribution < -0.4 is 4.74 Å². The van der Waals surface area contributed by atoms with E-state index in [1.165, 1.54) is 24.4 Å². The van der Waals surface area contributed by atoms with Gasteiger partial charge in [0.15, 0.2) is 0 Å². The summed E-state index contributed by atoms with van der Waals surface area (Å²) in [6, 6.07) is 8.31. The number of alkyl halides is 3. The van der Waals surface area contributed by atoms with Crippen LogP contribution in [-0.2, 0) is 0 Å². The molecule has 1 aromatic heterocycles. The van der Waals surface area contributed by atoms with Crippen molar-refractivity contribution in [3.05, 3.63) is 58.3 Å². The molecule has 0 saturated heterocycles. The minimum absolute atomic E-state index is 0.0192. The second kappa shape index (κ2) is 5.62. The van der Waals surface area contributed by atoms with Gasteiger partial charge >= 0.3 is 6.36 Å². The highest BCUT2D eigenvalue weighted by Crippen LogP contribution is 2.28. The Kier molecular flexibility index (Phi) is 4.08. The maximum absolute atomic E-state index is 12.3. The fourth-order valence-corrected chi connectivity index (χ4v) is 1.98. The second-order valence-corrected chi connectivity index (χ2v) is 4.56. The third-order valence-corrected chi connectivity index (χ3v) is 2.97. The summed E-state index contributed by atoms with van der Waals surface area (Å²) in [5.41, 5.74) is -0.185. The second-order valence-electron chi connectivity index (χ2n) is 3.71. The van der Waals surface area contributed by atoms with E-state index in [0.717, 1.165) is 6.07 Å². The molecule has 104 valence electrons. The molecule has 0 N–H and O–H groups in total. The van der Waals surface area contributed by atoms with Crippen molar-refractivity contribution >= 4 is 21.7 Å². The highest BCUT2D eigenvalue weighted by atomic mass is 79.9. The normalized spacial score (nSPS) is 11.2. The van der Waals surface area contributed by atoms with Gasteiger partial charge in [-0.25, -0.2) is 0 Å². The molecule has 2 rings (SSSR count). The van der Waals surface area contributed by atoms with Crippen LogP contribution in [0.2, 0.25) is 0 Å². The summed E-state index contributed by atoms with van der Waals surface area (Å²) in [6.07, 6.45) is -3.48. The number of nitrogens with zero attached hydrogens (tertiary/aromatic N) is 1. The monoisotopic (exact) mass is 345 g/mol. The highest BCUT2D eigenvalue weighted by molar-refractivity contribution is 9.10. The van der Waals surface area contributed by atoms with Gasteiger partial charge in [0.05, 0.1) is 5.56 Å². The van der Waals surface area contributed by atoms with Crippen LogP contribution in [-0.4, -0.2) is 17.1 Å². The van der Waals surface area contributed by atoms with Crippen LogP contribution in [0, 0.1) is 0 Å². The van der Waals surface area contributed by atoms with E-state index < -0.39 is 17.9 Å². The molecule has 0 fully saturated rings. The van der Waals surface area contributed by atoms with Gasteiger partial charge in [0.1, 0.15) is 11.4 Å². The third-order valence-electron chi connectivity index (χ3n) is 2.33. The number of hydrogen-bond donors (Lipinski definition) is 0. The van der Waals surface area contributed by atoms with Crippen LogP contribution in [0.3, 0.4) is 0 Å². The molecule has 1 aromatic carbocycles. The van der Waals surface area contributed by atoms with Crippen LogP contribution >= 0.6 is 15.9 Å². The molecule has 0 aliphatic rings. The number of halogens is 4. The molecule has 2 aromatic rings. The van der Waals surface area contributed by atoms with Gasteiger partial charge in [-0.05, 0) is 40.2 Å². The van der Waals surface area contributed by atoms with E-state index in [1.807, 2.05) is 0 Å². The van der Waals surface area contributed by atoms with Gasteiger partial charge < -0.3 is 4.74 Å². The maximum Gasteiger partial charge on any atom is 0.573 e. The molecule has 0 unspecified atom stereocenters. The van der Waals surface area contributed by atoms with Crippen LogP contribution in [0.15, 0.2) is 47.1 Å². The Morgan fingerprint density at radius 2 is 1.85 bits per heavy atom. The first-order valence-corrected chi connectivity index (χ1v) is 6.18. The van der Waals surface area contributed by atoms with Gasteiger partial charge in [0.2, 0.25) is 5.78 Å². The summed E-state index contributed by atoms with van der Waals surface area (Å²) in [5.74, 6) is -1.21. The molecule has 0 amide bonds. The molecular formula is C13H7BrF3NO2. The smallest absolute Gasteiger partial charge is 0.405 e. The number of benzene rings is 1. The molecule has 0 radical (unpaired) electrons. The average Bonchev–Trinajstić information content (AvgIpc) is 2.37. The fourth-order valence-electron chi connectivity index (χ4n) is 1.55. The van der Waals surface area contributed by atoms with Crippen molar-refractivity contribution in [1.29, 1.82) is 0 Å². The van der Waals surface area contributed by atoms with Crippen molar-refractivity contribution < 1.29 is 22.7 Å². The predicted octanol–water partition coefficient (Wildman–Crippen LogP) is 3.97. The number of para-hydroxylation sites is 1. The van der Waals surface area contributed by atoms with Crippen LogP contribution in [0.25, 0.3) is 0 Å². The summed E-state index contributed by atoms with van der Waals surface area (Å²) >= 11 is 3.13. The Morgan fingerprint density at radius 3 is 2.50 bits per heavy atom. The van der Waals surface area contributed by atoms with Crippen molar-refractivity contribution in [2.45, 2.75) is 6.36 Å². The predicted molar refractivity (Wildman–Crippen MR) is 68.5 cm³/mol. The van der Waals surface area contributed by atoms with E-state index in [2.05, 4.69) is 25.7 Å². The molecule has 0 spiro atoms. The summed E-state index contributed by atoms with van der Waals surface area (Å²) in [6.45, 7) is 0. The molecule has 0 aliphatic heterocycles. The summed E-state index contributed by atoms with van der Waals surface area (Å²) in [4.78, 5) is 16.1. The Bertz CT molecular complexity index is 644. The zero-order valence-electron chi connectivity index (χ0n) is 9.82. The quantitative estimate of drug-likeness (QED) is 0.790. The fraction of sp³-hybridized carbons (Fsp3) is 0.0769. The van der Waals surface area contributed by atoms with E-state index in [9.17, 15) is 18.0 Å². The van der Waals surface area contributed by atoms with E-state index in [-0.39, 0.29) is 11.3 Å². The molecule has 7 heteroatoms. The van der Waals surface area contributed by atoms with Crippen molar-refractivity contribution in [3.8, 4) is 5.75 Å². The third kappa shape index (κ3) is 3.36. The van der Waals surface area contributed by atoms with E-state index in [4.69, 9.17) is 0 Å². The number of rotatable bonds is 3. The van der Waals surface area contributed by atoms with Crippen molar-refractivity contribution in [1.82, 2.24) is 4.98 Å². The molecule has 0 aliphatic carbocycles. The van der Waals surface area contributed by atoms with Gasteiger partial charge in [-0.15, -0.1) is 13.2 Å². The highest BCUT2D eigenvalue weighted by Gasteiger charge is 2.33. The first-order valence-electron chi connectivity index (χ1n) is 5.38. The number of aromatic nitrogens is 1. The Labute approximate surface area is 120 Å². The first-order chi connectivity index (χ1) is 9.38. The number of carbonyl (C=O) groups is 1. The van der Waals surface area contributed by atoms with Crippen LogP contribution in [0.4, 0.5) is 13.2 Å². The minimum atomic E-state index is -4.86. The van der Waals surface area contributed by atoms with Crippen LogP contribution in [0.1, 0.15) is 16.1 Å². The molecule has 3 nitrogen and oxygen atoms in total. The lowest BCUT2D eigenvalue weighted by molar-refractivity contribution is -0.274. The molecule has 0 saturated carbocycles. The van der Waals surface area contributed by atoms with E-state index in [0.29, 0.717) is 4.47 Å². The molecule has 1 heterocycles. The van der Waals surface area contributed by atoms with Gasteiger partial charge in [-0.2, -0.15) is 0 Å². The number of ketones is 1.